The number of halogens is 1. The van der Waals surface area contributed by atoms with Crippen molar-refractivity contribution in [3.05, 3.63) is 57.6 Å². The average Bonchev–Trinajstić information content (AvgIpc) is 2.65. The summed E-state index contributed by atoms with van der Waals surface area (Å²) in [4.78, 5) is 24.1. The predicted molar refractivity (Wildman–Crippen MR) is 113 cm³/mol. The van der Waals surface area contributed by atoms with Crippen LogP contribution in [0.3, 0.4) is 0 Å². The standard InChI is InChI=1S/C19H20BrN3O4S/c1-11-4-6-15(12(2)8-11)27-10-17(24)22-23-19(28)21-18(25)13-5-7-16(26-3)14(20)9-13/h4-9H,10H2,1-3H3,(H,22,24)(H2,21,23,25,28). The summed E-state index contributed by atoms with van der Waals surface area (Å²) in [6.07, 6.45) is 0. The molecule has 0 aliphatic heterocycles. The first-order valence-corrected chi connectivity index (χ1v) is 9.44. The van der Waals surface area contributed by atoms with Gasteiger partial charge in [0.1, 0.15) is 11.5 Å². The highest BCUT2D eigenvalue weighted by Crippen LogP contribution is 2.25. The molecule has 0 saturated heterocycles. The number of nitrogens with one attached hydrogen (secondary N) is 3. The number of carbonyl (C=O) groups is 2. The van der Waals surface area contributed by atoms with E-state index in [1.807, 2.05) is 32.0 Å². The van der Waals surface area contributed by atoms with Gasteiger partial charge in [0.25, 0.3) is 11.8 Å². The van der Waals surface area contributed by atoms with Crippen molar-refractivity contribution in [2.24, 2.45) is 0 Å². The van der Waals surface area contributed by atoms with Crippen LogP contribution < -0.4 is 25.6 Å². The molecule has 0 radical (unpaired) electrons. The Labute approximate surface area is 176 Å². The average molecular weight is 466 g/mol. The normalized spacial score (nSPS) is 10.0. The summed E-state index contributed by atoms with van der Waals surface area (Å²) in [6.45, 7) is 3.69. The first-order valence-electron chi connectivity index (χ1n) is 8.24. The molecule has 0 aliphatic rings. The molecular weight excluding hydrogens is 446 g/mol. The van der Waals surface area contributed by atoms with Crippen molar-refractivity contribution in [1.82, 2.24) is 16.2 Å². The number of thiocarbonyl (C=S) groups is 1. The van der Waals surface area contributed by atoms with Gasteiger partial charge in [-0.1, -0.05) is 17.7 Å². The van der Waals surface area contributed by atoms with Crippen LogP contribution in [0.1, 0.15) is 21.5 Å². The van der Waals surface area contributed by atoms with Gasteiger partial charge in [-0.25, -0.2) is 0 Å². The third-order valence-electron chi connectivity index (χ3n) is 3.65. The summed E-state index contributed by atoms with van der Waals surface area (Å²) in [5.41, 5.74) is 7.26. The van der Waals surface area contributed by atoms with E-state index >= 15 is 0 Å². The second-order valence-corrected chi connectivity index (χ2v) is 7.13. The summed E-state index contributed by atoms with van der Waals surface area (Å²) in [5.74, 6) is 0.362. The monoisotopic (exact) mass is 465 g/mol. The maximum atomic E-state index is 12.2. The lowest BCUT2D eigenvalue weighted by Gasteiger charge is -2.13. The van der Waals surface area contributed by atoms with Gasteiger partial charge in [0.15, 0.2) is 11.7 Å². The number of ether oxygens (including phenoxy) is 2. The number of methoxy groups -OCH3 is 1. The van der Waals surface area contributed by atoms with Gasteiger partial charge in [-0.05, 0) is 71.8 Å². The van der Waals surface area contributed by atoms with Crippen LogP contribution in [0, 0.1) is 13.8 Å². The minimum Gasteiger partial charge on any atom is -0.496 e. The fraction of sp³-hybridized carbons (Fsp3) is 0.211. The lowest BCUT2D eigenvalue weighted by Crippen LogP contribution is -2.49. The highest BCUT2D eigenvalue weighted by molar-refractivity contribution is 9.10. The number of carbonyl (C=O) groups excluding carboxylic acids is 2. The first kappa shape index (κ1) is 21.6. The summed E-state index contributed by atoms with van der Waals surface area (Å²) in [6, 6.07) is 10.5. The van der Waals surface area contributed by atoms with Crippen LogP contribution in [-0.2, 0) is 4.79 Å². The van der Waals surface area contributed by atoms with Gasteiger partial charge in [-0.3, -0.25) is 25.8 Å². The quantitative estimate of drug-likeness (QED) is 0.464. The summed E-state index contributed by atoms with van der Waals surface area (Å²) >= 11 is 8.32. The SMILES string of the molecule is COc1ccc(C(=O)NC(=S)NNC(=O)COc2ccc(C)cc2C)cc1Br. The van der Waals surface area contributed by atoms with Gasteiger partial charge < -0.3 is 9.47 Å². The molecule has 3 N–H and O–H groups in total. The second kappa shape index (κ2) is 10.0. The predicted octanol–water partition coefficient (Wildman–Crippen LogP) is 2.79. The van der Waals surface area contributed by atoms with Crippen LogP contribution in [0.4, 0.5) is 0 Å². The van der Waals surface area contributed by atoms with Crippen molar-refractivity contribution < 1.29 is 19.1 Å². The highest BCUT2D eigenvalue weighted by Gasteiger charge is 2.11. The van der Waals surface area contributed by atoms with Crippen LogP contribution in [-0.4, -0.2) is 30.6 Å². The third kappa shape index (κ3) is 6.21. The van der Waals surface area contributed by atoms with E-state index in [4.69, 9.17) is 21.7 Å². The molecule has 9 heteroatoms. The third-order valence-corrected chi connectivity index (χ3v) is 4.47. The van der Waals surface area contributed by atoms with Gasteiger partial charge >= 0.3 is 0 Å². The van der Waals surface area contributed by atoms with E-state index in [-0.39, 0.29) is 11.7 Å². The van der Waals surface area contributed by atoms with E-state index in [0.717, 1.165) is 11.1 Å². The summed E-state index contributed by atoms with van der Waals surface area (Å²) in [7, 11) is 1.53. The molecule has 0 atom stereocenters. The molecule has 148 valence electrons. The number of benzene rings is 2. The molecule has 0 spiro atoms. The molecular formula is C19H20BrN3O4S. The molecule has 0 unspecified atom stereocenters. The van der Waals surface area contributed by atoms with E-state index in [1.54, 1.807) is 18.2 Å². The van der Waals surface area contributed by atoms with Gasteiger partial charge in [-0.15, -0.1) is 0 Å². The molecule has 2 amide bonds. The van der Waals surface area contributed by atoms with Crippen molar-refractivity contribution in [3.63, 3.8) is 0 Å². The van der Waals surface area contributed by atoms with Crippen LogP contribution in [0.25, 0.3) is 0 Å². The molecule has 0 saturated carbocycles. The Morgan fingerprint density at radius 2 is 1.79 bits per heavy atom. The topological polar surface area (TPSA) is 88.7 Å². The molecule has 0 bridgehead atoms. The zero-order chi connectivity index (χ0) is 20.7. The number of aryl methyl sites for hydroxylation is 2. The van der Waals surface area contributed by atoms with Crippen molar-refractivity contribution >= 4 is 45.1 Å². The lowest BCUT2D eigenvalue weighted by molar-refractivity contribution is -0.123. The summed E-state index contributed by atoms with van der Waals surface area (Å²) < 4.78 is 11.2. The molecule has 0 heterocycles. The molecule has 0 aromatic heterocycles. The summed E-state index contributed by atoms with van der Waals surface area (Å²) in [5, 5.41) is 2.42. The van der Waals surface area contributed by atoms with Gasteiger partial charge in [0, 0.05) is 5.56 Å². The van der Waals surface area contributed by atoms with Crippen LogP contribution >= 0.6 is 28.1 Å². The van der Waals surface area contributed by atoms with Crippen molar-refractivity contribution in [2.75, 3.05) is 13.7 Å². The zero-order valence-corrected chi connectivity index (χ0v) is 18.0. The Bertz CT molecular complexity index is 905. The van der Waals surface area contributed by atoms with Crippen LogP contribution in [0.5, 0.6) is 11.5 Å². The lowest BCUT2D eigenvalue weighted by atomic mass is 10.1. The molecule has 0 fully saturated rings. The minimum atomic E-state index is -0.441. The number of rotatable bonds is 5. The Hall–Kier alpha value is -2.65. The van der Waals surface area contributed by atoms with Gasteiger partial charge in [0.05, 0.1) is 11.6 Å². The number of amides is 2. The zero-order valence-electron chi connectivity index (χ0n) is 15.6. The highest BCUT2D eigenvalue weighted by atomic mass is 79.9. The fourth-order valence-electron chi connectivity index (χ4n) is 2.28. The maximum absolute atomic E-state index is 12.2. The maximum Gasteiger partial charge on any atom is 0.276 e. The second-order valence-electron chi connectivity index (χ2n) is 5.86. The van der Waals surface area contributed by atoms with E-state index in [9.17, 15) is 9.59 Å². The molecule has 0 aliphatic carbocycles. The smallest absolute Gasteiger partial charge is 0.276 e. The Morgan fingerprint density at radius 3 is 2.43 bits per heavy atom. The first-order chi connectivity index (χ1) is 13.3. The van der Waals surface area contributed by atoms with Gasteiger partial charge in [-0.2, -0.15) is 0 Å². The van der Waals surface area contributed by atoms with E-state index < -0.39 is 11.8 Å². The molecule has 28 heavy (non-hydrogen) atoms. The number of hydrogen-bond acceptors (Lipinski definition) is 5. The molecule has 7 nitrogen and oxygen atoms in total. The van der Waals surface area contributed by atoms with E-state index in [0.29, 0.717) is 21.5 Å². The molecule has 2 aromatic rings. The van der Waals surface area contributed by atoms with E-state index in [1.165, 1.54) is 7.11 Å². The number of hydrogen-bond donors (Lipinski definition) is 3. The van der Waals surface area contributed by atoms with Crippen LogP contribution in [0.2, 0.25) is 0 Å². The van der Waals surface area contributed by atoms with Crippen molar-refractivity contribution in [2.45, 2.75) is 13.8 Å². The Balaban J connectivity index is 1.79. The van der Waals surface area contributed by atoms with Crippen LogP contribution in [0.15, 0.2) is 40.9 Å². The van der Waals surface area contributed by atoms with Gasteiger partial charge in [0.2, 0.25) is 0 Å². The number of hydrazine groups is 1. The molecule has 2 rings (SSSR count). The van der Waals surface area contributed by atoms with E-state index in [2.05, 4.69) is 32.1 Å². The fourth-order valence-corrected chi connectivity index (χ4v) is 2.97. The Kier molecular flexibility index (Phi) is 7.77. The van der Waals surface area contributed by atoms with Crippen molar-refractivity contribution in [3.8, 4) is 11.5 Å². The minimum absolute atomic E-state index is 0.0446. The molecule has 2 aromatic carbocycles. The Morgan fingerprint density at radius 1 is 1.07 bits per heavy atom. The largest absolute Gasteiger partial charge is 0.496 e. The van der Waals surface area contributed by atoms with Crippen molar-refractivity contribution in [1.29, 1.82) is 0 Å².